The summed E-state index contributed by atoms with van der Waals surface area (Å²) in [7, 11) is 2.19. The van der Waals surface area contributed by atoms with Crippen LogP contribution in [0.25, 0.3) is 0 Å². The van der Waals surface area contributed by atoms with Gasteiger partial charge in [0, 0.05) is 29.7 Å². The summed E-state index contributed by atoms with van der Waals surface area (Å²) in [4.78, 5) is 2.42. The zero-order valence-corrected chi connectivity index (χ0v) is 14.9. The molecule has 2 N–H and O–H groups in total. The van der Waals surface area contributed by atoms with Gasteiger partial charge in [-0.1, -0.05) is 35.0 Å². The molecule has 1 aliphatic heterocycles. The van der Waals surface area contributed by atoms with Gasteiger partial charge in [0.1, 0.15) is 0 Å². The second kappa shape index (κ2) is 6.78. The van der Waals surface area contributed by atoms with Crippen molar-refractivity contribution in [2.75, 3.05) is 20.2 Å². The number of nitrogens with zero attached hydrogens (tertiary/aromatic N) is 1. The number of rotatable bonds is 5. The third-order valence-electron chi connectivity index (χ3n) is 4.97. The van der Waals surface area contributed by atoms with Crippen molar-refractivity contribution in [3.8, 4) is 0 Å². The fourth-order valence-corrected chi connectivity index (χ4v) is 3.73. The van der Waals surface area contributed by atoms with Gasteiger partial charge in [0.15, 0.2) is 0 Å². The Labute approximate surface area is 137 Å². The number of hydrogen-bond donors (Lipinski definition) is 1. The normalized spacial score (nSPS) is 29.8. The molecule has 1 aromatic carbocycles. The Hall–Kier alpha value is -0.420. The van der Waals surface area contributed by atoms with E-state index in [1.807, 2.05) is 0 Å². The number of likely N-dealkylation sites (N-methyl/N-ethyl adjacent to an activating group) is 1. The molecule has 0 aromatic heterocycles. The molecule has 0 radical (unpaired) electrons. The summed E-state index contributed by atoms with van der Waals surface area (Å²) >= 11 is 3.54. The van der Waals surface area contributed by atoms with Gasteiger partial charge in [0.2, 0.25) is 0 Å². The molecule has 0 bridgehead atoms. The molecule has 3 nitrogen and oxygen atoms in total. The van der Waals surface area contributed by atoms with Crippen molar-refractivity contribution in [2.24, 2.45) is 5.73 Å². The molecule has 1 saturated heterocycles. The Bertz CT molecular complexity index is 482. The predicted octanol–water partition coefficient (Wildman–Crippen LogP) is 3.56. The van der Waals surface area contributed by atoms with E-state index in [0.29, 0.717) is 6.54 Å². The van der Waals surface area contributed by atoms with Gasteiger partial charge < -0.3 is 10.5 Å². The van der Waals surface area contributed by atoms with E-state index in [1.54, 1.807) is 0 Å². The van der Waals surface area contributed by atoms with Crippen LogP contribution < -0.4 is 5.73 Å². The molecular formula is C17H27BrN2O. The first-order valence-electron chi connectivity index (χ1n) is 7.73. The summed E-state index contributed by atoms with van der Waals surface area (Å²) in [5.74, 6) is 0. The first-order valence-corrected chi connectivity index (χ1v) is 8.52. The molecule has 0 amide bonds. The molecule has 2 unspecified atom stereocenters. The highest BCUT2D eigenvalue weighted by atomic mass is 79.9. The molecular weight excluding hydrogens is 328 g/mol. The van der Waals surface area contributed by atoms with E-state index in [2.05, 4.69) is 66.0 Å². The monoisotopic (exact) mass is 354 g/mol. The third kappa shape index (κ3) is 3.86. The van der Waals surface area contributed by atoms with Gasteiger partial charge in [-0.15, -0.1) is 0 Å². The summed E-state index contributed by atoms with van der Waals surface area (Å²) in [6.07, 6.45) is 3.03. The molecule has 2 atom stereocenters. The lowest BCUT2D eigenvalue weighted by molar-refractivity contribution is -0.126. The van der Waals surface area contributed by atoms with Crippen molar-refractivity contribution in [3.05, 3.63) is 34.3 Å². The molecule has 118 valence electrons. The lowest BCUT2D eigenvalue weighted by atomic mass is 9.78. The molecule has 1 fully saturated rings. The van der Waals surface area contributed by atoms with Crippen LogP contribution in [0.2, 0.25) is 0 Å². The standard InChI is InChI=1S/C17H27BrN2O/c1-4-16(2)12-17(13-19,8-9-21-16)20(3)11-14-6-5-7-15(18)10-14/h5-7,10H,4,8-9,11-13,19H2,1-3H3. The zero-order chi connectivity index (χ0) is 15.5. The van der Waals surface area contributed by atoms with Crippen molar-refractivity contribution in [2.45, 2.75) is 50.8 Å². The highest BCUT2D eigenvalue weighted by Crippen LogP contribution is 2.38. The lowest BCUT2D eigenvalue weighted by Crippen LogP contribution is -2.59. The van der Waals surface area contributed by atoms with Crippen molar-refractivity contribution in [1.82, 2.24) is 4.90 Å². The van der Waals surface area contributed by atoms with Crippen molar-refractivity contribution in [3.63, 3.8) is 0 Å². The summed E-state index contributed by atoms with van der Waals surface area (Å²) in [5.41, 5.74) is 7.48. The molecule has 1 aromatic rings. The maximum Gasteiger partial charge on any atom is 0.0670 e. The van der Waals surface area contributed by atoms with Crippen molar-refractivity contribution < 1.29 is 4.74 Å². The van der Waals surface area contributed by atoms with Crippen LogP contribution in [0.15, 0.2) is 28.7 Å². The van der Waals surface area contributed by atoms with Crippen LogP contribution in [0.3, 0.4) is 0 Å². The minimum Gasteiger partial charge on any atom is -0.375 e. The summed E-state index contributed by atoms with van der Waals surface area (Å²) < 4.78 is 7.13. The summed E-state index contributed by atoms with van der Waals surface area (Å²) in [5, 5.41) is 0. The Kier molecular flexibility index (Phi) is 5.47. The molecule has 2 rings (SSSR count). The Balaban J connectivity index is 2.15. The van der Waals surface area contributed by atoms with Crippen LogP contribution in [0.1, 0.15) is 38.7 Å². The molecule has 0 saturated carbocycles. The van der Waals surface area contributed by atoms with Gasteiger partial charge in [0.05, 0.1) is 5.60 Å². The van der Waals surface area contributed by atoms with E-state index in [0.717, 1.165) is 36.9 Å². The first-order chi connectivity index (χ1) is 9.93. The van der Waals surface area contributed by atoms with Gasteiger partial charge in [-0.25, -0.2) is 0 Å². The zero-order valence-electron chi connectivity index (χ0n) is 13.4. The highest BCUT2D eigenvalue weighted by Gasteiger charge is 2.44. The highest BCUT2D eigenvalue weighted by molar-refractivity contribution is 9.10. The molecule has 0 spiro atoms. The van der Waals surface area contributed by atoms with Crippen LogP contribution >= 0.6 is 15.9 Å². The fourth-order valence-electron chi connectivity index (χ4n) is 3.28. The number of benzene rings is 1. The topological polar surface area (TPSA) is 38.5 Å². The Morgan fingerprint density at radius 1 is 1.43 bits per heavy atom. The first kappa shape index (κ1) is 16.9. The largest absolute Gasteiger partial charge is 0.375 e. The number of halogens is 1. The van der Waals surface area contributed by atoms with Crippen LogP contribution in [-0.4, -0.2) is 36.2 Å². The second-order valence-electron chi connectivity index (χ2n) is 6.49. The average molecular weight is 355 g/mol. The van der Waals surface area contributed by atoms with Gasteiger partial charge >= 0.3 is 0 Å². The Morgan fingerprint density at radius 3 is 2.81 bits per heavy atom. The van der Waals surface area contributed by atoms with Crippen molar-refractivity contribution in [1.29, 1.82) is 0 Å². The number of ether oxygens (including phenoxy) is 1. The van der Waals surface area contributed by atoms with Gasteiger partial charge in [-0.3, -0.25) is 4.90 Å². The maximum atomic E-state index is 6.19. The van der Waals surface area contributed by atoms with Crippen LogP contribution in [0.5, 0.6) is 0 Å². The van der Waals surface area contributed by atoms with E-state index in [-0.39, 0.29) is 11.1 Å². The number of hydrogen-bond acceptors (Lipinski definition) is 3. The van der Waals surface area contributed by atoms with Gasteiger partial charge in [0.25, 0.3) is 0 Å². The second-order valence-corrected chi connectivity index (χ2v) is 7.41. The molecule has 1 aliphatic rings. The molecule has 21 heavy (non-hydrogen) atoms. The van der Waals surface area contributed by atoms with Gasteiger partial charge in [-0.05, 0) is 50.9 Å². The maximum absolute atomic E-state index is 6.19. The van der Waals surface area contributed by atoms with Crippen molar-refractivity contribution >= 4 is 15.9 Å². The van der Waals surface area contributed by atoms with E-state index in [9.17, 15) is 0 Å². The summed E-state index contributed by atoms with van der Waals surface area (Å²) in [6, 6.07) is 8.50. The van der Waals surface area contributed by atoms with Gasteiger partial charge in [-0.2, -0.15) is 0 Å². The molecule has 0 aliphatic carbocycles. The fraction of sp³-hybridized carbons (Fsp3) is 0.647. The van der Waals surface area contributed by atoms with Crippen LogP contribution in [0, 0.1) is 0 Å². The van der Waals surface area contributed by atoms with E-state index >= 15 is 0 Å². The third-order valence-corrected chi connectivity index (χ3v) is 5.46. The molecule has 1 heterocycles. The van der Waals surface area contributed by atoms with Crippen LogP contribution in [-0.2, 0) is 11.3 Å². The summed E-state index contributed by atoms with van der Waals surface area (Å²) in [6.45, 7) is 6.79. The minimum absolute atomic E-state index is 0.0331. The average Bonchev–Trinajstić information content (AvgIpc) is 2.47. The SMILES string of the molecule is CCC1(C)CC(CN)(N(C)Cc2cccc(Br)c2)CCO1. The smallest absolute Gasteiger partial charge is 0.0670 e. The van der Waals surface area contributed by atoms with E-state index in [1.165, 1.54) is 5.56 Å². The predicted molar refractivity (Wildman–Crippen MR) is 91.3 cm³/mol. The minimum atomic E-state index is -0.0524. The lowest BCUT2D eigenvalue weighted by Gasteiger charge is -2.50. The van der Waals surface area contributed by atoms with E-state index in [4.69, 9.17) is 10.5 Å². The molecule has 4 heteroatoms. The quantitative estimate of drug-likeness (QED) is 0.878. The van der Waals surface area contributed by atoms with Crippen LogP contribution in [0.4, 0.5) is 0 Å². The van der Waals surface area contributed by atoms with E-state index < -0.39 is 0 Å². The number of nitrogens with two attached hydrogens (primary N) is 1. The Morgan fingerprint density at radius 2 is 2.19 bits per heavy atom.